The summed E-state index contributed by atoms with van der Waals surface area (Å²) in [5.41, 5.74) is 6.87. The Morgan fingerprint density at radius 3 is 2.36 bits per heavy atom. The van der Waals surface area contributed by atoms with Crippen molar-refractivity contribution in [2.75, 3.05) is 5.73 Å². The Hall–Kier alpha value is -1.56. The van der Waals surface area contributed by atoms with Gasteiger partial charge in [-0.2, -0.15) is 0 Å². The van der Waals surface area contributed by atoms with Crippen LogP contribution in [0.5, 0.6) is 0 Å². The molecule has 6 heteroatoms. The third-order valence-electron chi connectivity index (χ3n) is 1.60. The Morgan fingerprint density at radius 1 is 1.07 bits per heavy atom. The van der Waals surface area contributed by atoms with E-state index in [-0.39, 0.29) is 5.95 Å². The van der Waals surface area contributed by atoms with Crippen LogP contribution in [0, 0.1) is 0 Å². The molecule has 0 bridgehead atoms. The minimum atomic E-state index is 0.249. The highest BCUT2D eigenvalue weighted by Gasteiger charge is 2.00. The molecule has 0 aromatic carbocycles. The second kappa shape index (κ2) is 3.67. The summed E-state index contributed by atoms with van der Waals surface area (Å²) in [6.45, 7) is 0. The van der Waals surface area contributed by atoms with E-state index in [0.29, 0.717) is 10.3 Å². The number of nitrogens with zero attached hydrogens (tertiary/aromatic N) is 4. The Balaban J connectivity index is 2.40. The number of aromatic nitrogens is 4. The van der Waals surface area contributed by atoms with Crippen molar-refractivity contribution in [2.45, 2.75) is 0 Å². The summed E-state index contributed by atoms with van der Waals surface area (Å²) >= 11 is 3.20. The van der Waals surface area contributed by atoms with Gasteiger partial charge in [0.1, 0.15) is 4.60 Å². The molecule has 70 valence electrons. The average Bonchev–Trinajstić information content (AvgIpc) is 2.21. The van der Waals surface area contributed by atoms with Crippen molar-refractivity contribution in [1.82, 2.24) is 20.2 Å². The van der Waals surface area contributed by atoms with E-state index in [0.717, 1.165) is 5.56 Å². The first-order valence-corrected chi connectivity index (χ1v) is 4.62. The molecular formula is C8H6BrN5. The molecule has 5 nitrogen and oxygen atoms in total. The monoisotopic (exact) mass is 251 g/mol. The van der Waals surface area contributed by atoms with E-state index in [1.165, 1.54) is 0 Å². The van der Waals surface area contributed by atoms with Crippen LogP contribution in [0.3, 0.4) is 0 Å². The Labute approximate surface area is 88.5 Å². The molecule has 0 atom stereocenters. The number of nitrogens with two attached hydrogens (primary N) is 1. The van der Waals surface area contributed by atoms with E-state index in [4.69, 9.17) is 5.73 Å². The van der Waals surface area contributed by atoms with Crippen molar-refractivity contribution in [3.8, 4) is 11.3 Å². The zero-order valence-electron chi connectivity index (χ0n) is 7.05. The SMILES string of the molecule is Nc1ncc(-c2ccc(Br)nn2)cn1. The third kappa shape index (κ3) is 1.85. The molecule has 2 N–H and O–H groups in total. The van der Waals surface area contributed by atoms with Gasteiger partial charge >= 0.3 is 0 Å². The Morgan fingerprint density at radius 2 is 1.79 bits per heavy atom. The molecular weight excluding hydrogens is 246 g/mol. The van der Waals surface area contributed by atoms with Crippen LogP contribution < -0.4 is 5.73 Å². The zero-order chi connectivity index (χ0) is 9.97. The normalized spacial score (nSPS) is 10.1. The van der Waals surface area contributed by atoms with Crippen LogP contribution in [0.2, 0.25) is 0 Å². The molecule has 0 aliphatic carbocycles. The number of anilines is 1. The predicted molar refractivity (Wildman–Crippen MR) is 55.2 cm³/mol. The van der Waals surface area contributed by atoms with Crippen molar-refractivity contribution in [3.05, 3.63) is 29.1 Å². The predicted octanol–water partition coefficient (Wildman–Crippen LogP) is 1.28. The van der Waals surface area contributed by atoms with Gasteiger partial charge in [0, 0.05) is 18.0 Å². The van der Waals surface area contributed by atoms with Crippen LogP contribution in [-0.4, -0.2) is 20.2 Å². The molecule has 2 aromatic rings. The molecule has 2 heterocycles. The van der Waals surface area contributed by atoms with E-state index >= 15 is 0 Å². The van der Waals surface area contributed by atoms with Crippen LogP contribution in [0.1, 0.15) is 0 Å². The van der Waals surface area contributed by atoms with Gasteiger partial charge in [-0.15, -0.1) is 10.2 Å². The molecule has 0 spiro atoms. The number of hydrogen-bond donors (Lipinski definition) is 1. The summed E-state index contributed by atoms with van der Waals surface area (Å²) < 4.78 is 0.692. The summed E-state index contributed by atoms with van der Waals surface area (Å²) in [6, 6.07) is 3.63. The lowest BCUT2D eigenvalue weighted by Gasteiger charge is -1.98. The van der Waals surface area contributed by atoms with E-state index < -0.39 is 0 Å². The molecule has 2 rings (SSSR count). The van der Waals surface area contributed by atoms with Crippen molar-refractivity contribution in [3.63, 3.8) is 0 Å². The first-order chi connectivity index (χ1) is 6.75. The van der Waals surface area contributed by atoms with Gasteiger partial charge in [-0.1, -0.05) is 0 Å². The average molecular weight is 252 g/mol. The lowest BCUT2D eigenvalue weighted by molar-refractivity contribution is 1.01. The first-order valence-electron chi connectivity index (χ1n) is 3.83. The van der Waals surface area contributed by atoms with E-state index in [2.05, 4.69) is 36.1 Å². The fraction of sp³-hybridized carbons (Fsp3) is 0. The standard InChI is InChI=1S/C8H6BrN5/c9-7-2-1-6(13-14-7)5-3-11-8(10)12-4-5/h1-4H,(H2,10,11,12). The summed E-state index contributed by atoms with van der Waals surface area (Å²) in [7, 11) is 0. The largest absolute Gasteiger partial charge is 0.368 e. The van der Waals surface area contributed by atoms with Gasteiger partial charge in [-0.25, -0.2) is 9.97 Å². The molecule has 0 aliphatic heterocycles. The highest BCUT2D eigenvalue weighted by Crippen LogP contribution is 2.15. The number of rotatable bonds is 1. The van der Waals surface area contributed by atoms with E-state index in [1.807, 2.05) is 6.07 Å². The topological polar surface area (TPSA) is 77.6 Å². The quantitative estimate of drug-likeness (QED) is 0.827. The van der Waals surface area contributed by atoms with Crippen LogP contribution in [0.25, 0.3) is 11.3 Å². The Kier molecular flexibility index (Phi) is 2.36. The molecule has 2 aromatic heterocycles. The molecule has 0 amide bonds. The van der Waals surface area contributed by atoms with Crippen molar-refractivity contribution in [1.29, 1.82) is 0 Å². The van der Waals surface area contributed by atoms with Gasteiger partial charge in [0.15, 0.2) is 0 Å². The summed E-state index contributed by atoms with van der Waals surface area (Å²) in [5, 5.41) is 7.82. The number of hydrogen-bond acceptors (Lipinski definition) is 5. The number of nitrogen functional groups attached to an aromatic ring is 1. The van der Waals surface area contributed by atoms with Gasteiger partial charge in [0.05, 0.1) is 5.69 Å². The second-order valence-corrected chi connectivity index (χ2v) is 3.38. The molecule has 0 fully saturated rings. The smallest absolute Gasteiger partial charge is 0.219 e. The Bertz CT molecular complexity index is 381. The lowest BCUT2D eigenvalue weighted by atomic mass is 10.2. The van der Waals surface area contributed by atoms with Gasteiger partial charge < -0.3 is 5.73 Å². The van der Waals surface area contributed by atoms with Crippen LogP contribution >= 0.6 is 15.9 Å². The zero-order valence-corrected chi connectivity index (χ0v) is 8.64. The second-order valence-electron chi connectivity index (χ2n) is 2.57. The van der Waals surface area contributed by atoms with Gasteiger partial charge in [-0.05, 0) is 28.1 Å². The highest BCUT2D eigenvalue weighted by atomic mass is 79.9. The highest BCUT2D eigenvalue weighted by molar-refractivity contribution is 9.10. The van der Waals surface area contributed by atoms with Crippen LogP contribution in [0.15, 0.2) is 29.1 Å². The van der Waals surface area contributed by atoms with Crippen molar-refractivity contribution < 1.29 is 0 Å². The first kappa shape index (κ1) is 9.01. The van der Waals surface area contributed by atoms with Crippen molar-refractivity contribution >= 4 is 21.9 Å². The van der Waals surface area contributed by atoms with Crippen LogP contribution in [-0.2, 0) is 0 Å². The van der Waals surface area contributed by atoms with Crippen molar-refractivity contribution in [2.24, 2.45) is 0 Å². The van der Waals surface area contributed by atoms with Crippen LogP contribution in [0.4, 0.5) is 5.95 Å². The van der Waals surface area contributed by atoms with Gasteiger partial charge in [0.25, 0.3) is 0 Å². The summed E-state index contributed by atoms with van der Waals surface area (Å²) in [4.78, 5) is 7.73. The minimum Gasteiger partial charge on any atom is -0.368 e. The van der Waals surface area contributed by atoms with Gasteiger partial charge in [0.2, 0.25) is 5.95 Å². The molecule has 0 saturated heterocycles. The molecule has 14 heavy (non-hydrogen) atoms. The molecule has 0 radical (unpaired) electrons. The minimum absolute atomic E-state index is 0.249. The molecule has 0 saturated carbocycles. The maximum atomic E-state index is 5.36. The van der Waals surface area contributed by atoms with E-state index in [9.17, 15) is 0 Å². The summed E-state index contributed by atoms with van der Waals surface area (Å²) in [6.07, 6.45) is 3.22. The maximum Gasteiger partial charge on any atom is 0.219 e. The maximum absolute atomic E-state index is 5.36. The molecule has 0 unspecified atom stereocenters. The van der Waals surface area contributed by atoms with E-state index in [1.54, 1.807) is 18.5 Å². The lowest BCUT2D eigenvalue weighted by Crippen LogP contribution is -1.95. The van der Waals surface area contributed by atoms with Gasteiger partial charge in [-0.3, -0.25) is 0 Å². The third-order valence-corrected chi connectivity index (χ3v) is 2.02. The number of halogens is 1. The molecule has 0 aliphatic rings. The summed E-state index contributed by atoms with van der Waals surface area (Å²) in [5.74, 6) is 0.249. The fourth-order valence-electron chi connectivity index (χ4n) is 0.940. The fourth-order valence-corrected chi connectivity index (χ4v) is 1.15.